The number of rotatable bonds is 5. The van der Waals surface area contributed by atoms with Crippen LogP contribution in [0.5, 0.6) is 0 Å². The quantitative estimate of drug-likeness (QED) is 0.726. The normalized spacial score (nSPS) is 14.2. The van der Waals surface area contributed by atoms with Crippen molar-refractivity contribution in [3.63, 3.8) is 0 Å². The van der Waals surface area contributed by atoms with Gasteiger partial charge in [0.25, 0.3) is 0 Å². The Morgan fingerprint density at radius 2 is 2.14 bits per heavy atom. The van der Waals surface area contributed by atoms with E-state index < -0.39 is 0 Å². The number of hydrogen-bond donors (Lipinski definition) is 0. The van der Waals surface area contributed by atoms with Gasteiger partial charge in [0.05, 0.1) is 12.2 Å². The molecule has 0 spiro atoms. The molecule has 0 unspecified atom stereocenters. The first-order valence-corrected chi connectivity index (χ1v) is 8.33. The first-order valence-electron chi connectivity index (χ1n) is 7.45. The van der Waals surface area contributed by atoms with Crippen molar-refractivity contribution < 1.29 is 0 Å². The minimum atomic E-state index is 0.606. The Kier molecular flexibility index (Phi) is 3.38. The number of nitrogens with zero attached hydrogens (tertiary/aromatic N) is 5. The largest absolute Gasteiger partial charge is 0.347 e. The molecule has 0 atom stereocenters. The molecule has 6 heteroatoms. The summed E-state index contributed by atoms with van der Waals surface area (Å²) in [6.45, 7) is 2.88. The predicted molar refractivity (Wildman–Crippen MR) is 87.4 cm³/mol. The zero-order chi connectivity index (χ0) is 14.9. The standard InChI is InChI=1S/C16H17N5S/c1-12-8-9-21(19-12)16-7-6-15(17-18-16)20(13-4-5-13)11-14-3-2-10-22-14/h2-3,6-10,13H,4-5,11H2,1H3. The van der Waals surface area contributed by atoms with E-state index in [1.54, 1.807) is 16.0 Å². The molecule has 3 heterocycles. The van der Waals surface area contributed by atoms with Crippen LogP contribution in [0, 0.1) is 6.92 Å². The molecule has 22 heavy (non-hydrogen) atoms. The summed E-state index contributed by atoms with van der Waals surface area (Å²) < 4.78 is 1.76. The van der Waals surface area contributed by atoms with E-state index in [1.165, 1.54) is 17.7 Å². The van der Waals surface area contributed by atoms with Crippen LogP contribution in [-0.4, -0.2) is 26.0 Å². The fourth-order valence-electron chi connectivity index (χ4n) is 2.49. The molecule has 0 N–H and O–H groups in total. The maximum Gasteiger partial charge on any atom is 0.175 e. The summed E-state index contributed by atoms with van der Waals surface area (Å²) in [4.78, 5) is 3.72. The minimum Gasteiger partial charge on any atom is -0.347 e. The predicted octanol–water partition coefficient (Wildman–Crippen LogP) is 3.20. The highest BCUT2D eigenvalue weighted by Crippen LogP contribution is 2.32. The van der Waals surface area contributed by atoms with E-state index >= 15 is 0 Å². The number of aromatic nitrogens is 4. The monoisotopic (exact) mass is 311 g/mol. The van der Waals surface area contributed by atoms with Gasteiger partial charge in [-0.25, -0.2) is 4.68 Å². The van der Waals surface area contributed by atoms with Crippen LogP contribution in [0.2, 0.25) is 0 Å². The average Bonchev–Trinajstić information content (AvgIpc) is 3.06. The zero-order valence-corrected chi connectivity index (χ0v) is 13.2. The van der Waals surface area contributed by atoms with Crippen molar-refractivity contribution in [2.24, 2.45) is 0 Å². The van der Waals surface area contributed by atoms with Gasteiger partial charge in [-0.3, -0.25) is 0 Å². The lowest BCUT2D eigenvalue weighted by molar-refractivity contribution is 0.752. The molecule has 4 rings (SSSR count). The maximum atomic E-state index is 4.43. The molecule has 1 saturated carbocycles. The third-order valence-electron chi connectivity index (χ3n) is 3.78. The van der Waals surface area contributed by atoms with Gasteiger partial charge in [-0.2, -0.15) is 5.10 Å². The lowest BCUT2D eigenvalue weighted by atomic mass is 10.3. The van der Waals surface area contributed by atoms with E-state index in [0.717, 1.165) is 23.9 Å². The first-order chi connectivity index (χ1) is 10.8. The molecule has 0 radical (unpaired) electrons. The van der Waals surface area contributed by atoms with Gasteiger partial charge in [0.15, 0.2) is 11.6 Å². The summed E-state index contributed by atoms with van der Waals surface area (Å²) in [7, 11) is 0. The molecule has 5 nitrogen and oxygen atoms in total. The van der Waals surface area contributed by atoms with Crippen molar-refractivity contribution in [1.29, 1.82) is 0 Å². The minimum absolute atomic E-state index is 0.606. The molecule has 0 bridgehead atoms. The van der Waals surface area contributed by atoms with Crippen LogP contribution < -0.4 is 4.90 Å². The van der Waals surface area contributed by atoms with Crippen LogP contribution in [0.25, 0.3) is 5.82 Å². The topological polar surface area (TPSA) is 46.8 Å². The van der Waals surface area contributed by atoms with Gasteiger partial charge in [-0.15, -0.1) is 21.5 Å². The van der Waals surface area contributed by atoms with Crippen LogP contribution in [0.1, 0.15) is 23.4 Å². The Hall–Kier alpha value is -2.21. The summed E-state index contributed by atoms with van der Waals surface area (Å²) >= 11 is 1.79. The molecule has 3 aromatic heterocycles. The van der Waals surface area contributed by atoms with Crippen LogP contribution in [0.3, 0.4) is 0 Å². The van der Waals surface area contributed by atoms with Crippen LogP contribution in [0.4, 0.5) is 5.82 Å². The number of aryl methyl sites for hydroxylation is 1. The van der Waals surface area contributed by atoms with E-state index in [9.17, 15) is 0 Å². The summed E-state index contributed by atoms with van der Waals surface area (Å²) in [5, 5.41) is 15.2. The Morgan fingerprint density at radius 3 is 2.73 bits per heavy atom. The van der Waals surface area contributed by atoms with Crippen molar-refractivity contribution >= 4 is 17.2 Å². The highest BCUT2D eigenvalue weighted by Gasteiger charge is 2.30. The Balaban J connectivity index is 1.57. The van der Waals surface area contributed by atoms with Crippen LogP contribution >= 0.6 is 11.3 Å². The second-order valence-electron chi connectivity index (χ2n) is 5.59. The Labute approximate surface area is 133 Å². The fraction of sp³-hybridized carbons (Fsp3) is 0.312. The van der Waals surface area contributed by atoms with E-state index in [2.05, 4.69) is 37.7 Å². The molecular weight excluding hydrogens is 294 g/mol. The third-order valence-corrected chi connectivity index (χ3v) is 4.64. The smallest absolute Gasteiger partial charge is 0.175 e. The second-order valence-corrected chi connectivity index (χ2v) is 6.62. The van der Waals surface area contributed by atoms with Gasteiger partial charge in [0.1, 0.15) is 0 Å². The molecule has 1 fully saturated rings. The molecular formula is C16H17N5S. The summed E-state index contributed by atoms with van der Waals surface area (Å²) in [5.74, 6) is 1.70. The van der Waals surface area contributed by atoms with Gasteiger partial charge in [0, 0.05) is 17.1 Å². The summed E-state index contributed by atoms with van der Waals surface area (Å²) in [6, 6.07) is 10.9. The lowest BCUT2D eigenvalue weighted by Crippen LogP contribution is -2.26. The van der Waals surface area contributed by atoms with Gasteiger partial charge in [-0.05, 0) is 49.4 Å². The zero-order valence-electron chi connectivity index (χ0n) is 12.4. The third kappa shape index (κ3) is 2.74. The Morgan fingerprint density at radius 1 is 1.23 bits per heavy atom. The Bertz CT molecular complexity index is 743. The van der Waals surface area contributed by atoms with Crippen molar-refractivity contribution in [2.75, 3.05) is 4.90 Å². The molecule has 112 valence electrons. The average molecular weight is 311 g/mol. The van der Waals surface area contributed by atoms with Crippen molar-refractivity contribution in [1.82, 2.24) is 20.0 Å². The fourth-order valence-corrected chi connectivity index (χ4v) is 3.19. The van der Waals surface area contributed by atoms with Crippen molar-refractivity contribution in [3.8, 4) is 5.82 Å². The van der Waals surface area contributed by atoms with E-state index in [4.69, 9.17) is 0 Å². The van der Waals surface area contributed by atoms with Crippen LogP contribution in [-0.2, 0) is 6.54 Å². The highest BCUT2D eigenvalue weighted by molar-refractivity contribution is 7.09. The molecule has 0 saturated heterocycles. The van der Waals surface area contributed by atoms with Gasteiger partial charge in [0.2, 0.25) is 0 Å². The number of thiophene rings is 1. The molecule has 1 aliphatic rings. The maximum absolute atomic E-state index is 4.43. The van der Waals surface area contributed by atoms with Gasteiger partial charge in [-0.1, -0.05) is 6.07 Å². The second kappa shape index (κ2) is 5.53. The lowest BCUT2D eigenvalue weighted by Gasteiger charge is -2.22. The van der Waals surface area contributed by atoms with Gasteiger partial charge < -0.3 is 4.90 Å². The van der Waals surface area contributed by atoms with Crippen molar-refractivity contribution in [2.45, 2.75) is 32.4 Å². The number of hydrogen-bond acceptors (Lipinski definition) is 5. The molecule has 0 aliphatic heterocycles. The van der Waals surface area contributed by atoms with Crippen LogP contribution in [0.15, 0.2) is 41.9 Å². The molecule has 1 aliphatic carbocycles. The van der Waals surface area contributed by atoms with E-state index in [0.29, 0.717) is 6.04 Å². The number of anilines is 1. The molecule has 0 aromatic carbocycles. The first kappa shape index (κ1) is 13.5. The molecule has 3 aromatic rings. The van der Waals surface area contributed by atoms with Gasteiger partial charge >= 0.3 is 0 Å². The highest BCUT2D eigenvalue weighted by atomic mass is 32.1. The van der Waals surface area contributed by atoms with Crippen molar-refractivity contribution in [3.05, 3.63) is 52.5 Å². The summed E-state index contributed by atoms with van der Waals surface area (Å²) in [5.41, 5.74) is 0.975. The van der Waals surface area contributed by atoms with E-state index in [-0.39, 0.29) is 0 Å². The summed E-state index contributed by atoms with van der Waals surface area (Å²) in [6.07, 6.45) is 4.39. The van der Waals surface area contributed by atoms with E-state index in [1.807, 2.05) is 31.3 Å². The SMILES string of the molecule is Cc1ccn(-c2ccc(N(Cc3cccs3)C3CC3)nn2)n1. The molecule has 0 amide bonds.